The molecule has 0 N–H and O–H groups in total. The van der Waals surface area contributed by atoms with Crippen molar-refractivity contribution in [3.8, 4) is 0 Å². The van der Waals surface area contributed by atoms with Crippen molar-refractivity contribution in [1.82, 2.24) is 0 Å². The van der Waals surface area contributed by atoms with Crippen molar-refractivity contribution in [2.45, 2.75) is 18.6 Å². The Morgan fingerprint density at radius 2 is 2.20 bits per heavy atom. The first-order valence-corrected chi connectivity index (χ1v) is 4.00. The fraction of sp³-hybridized carbons (Fsp3) is 0.714. The Kier molecular flexibility index (Phi) is 2.89. The van der Waals surface area contributed by atoms with Crippen molar-refractivity contribution < 1.29 is 9.47 Å². The van der Waals surface area contributed by atoms with E-state index >= 15 is 0 Å². The Morgan fingerprint density at radius 1 is 1.50 bits per heavy atom. The SMILES string of the molecule is COC1C[C@H](OC)C=C1Br. The summed E-state index contributed by atoms with van der Waals surface area (Å²) in [6.07, 6.45) is 3.38. The van der Waals surface area contributed by atoms with Crippen LogP contribution in [0, 0.1) is 0 Å². The molecule has 58 valence electrons. The van der Waals surface area contributed by atoms with Gasteiger partial charge in [-0.3, -0.25) is 0 Å². The van der Waals surface area contributed by atoms with Crippen LogP contribution in [0.2, 0.25) is 0 Å². The molecule has 0 saturated heterocycles. The third kappa shape index (κ3) is 1.59. The second-order valence-corrected chi connectivity index (χ2v) is 3.20. The van der Waals surface area contributed by atoms with Gasteiger partial charge in [-0.05, 0) is 6.08 Å². The van der Waals surface area contributed by atoms with E-state index in [2.05, 4.69) is 15.9 Å². The van der Waals surface area contributed by atoms with E-state index in [0.717, 1.165) is 10.9 Å². The number of hydrogen-bond acceptors (Lipinski definition) is 2. The van der Waals surface area contributed by atoms with Gasteiger partial charge in [0, 0.05) is 25.1 Å². The molecule has 0 aromatic rings. The first-order chi connectivity index (χ1) is 4.77. The molecule has 0 fully saturated rings. The summed E-state index contributed by atoms with van der Waals surface area (Å²) in [5.41, 5.74) is 0. The smallest absolute Gasteiger partial charge is 0.0911 e. The lowest BCUT2D eigenvalue weighted by Crippen LogP contribution is -2.11. The standard InChI is InChI=1S/C7H11BrO2/c1-9-5-3-6(8)7(4-5)10-2/h3,5,7H,4H2,1-2H3/t5-,7?/m1/s1. The molecule has 0 aliphatic heterocycles. The van der Waals surface area contributed by atoms with Gasteiger partial charge in [-0.15, -0.1) is 0 Å². The number of rotatable bonds is 2. The predicted molar refractivity (Wildman–Crippen MR) is 43.2 cm³/mol. The molecule has 1 rings (SSSR count). The highest BCUT2D eigenvalue weighted by atomic mass is 79.9. The molecule has 2 atom stereocenters. The van der Waals surface area contributed by atoms with Gasteiger partial charge in [-0.2, -0.15) is 0 Å². The highest BCUT2D eigenvalue weighted by molar-refractivity contribution is 9.11. The molecule has 3 heteroatoms. The van der Waals surface area contributed by atoms with E-state index < -0.39 is 0 Å². The van der Waals surface area contributed by atoms with Gasteiger partial charge in [-0.1, -0.05) is 15.9 Å². The van der Waals surface area contributed by atoms with Crippen molar-refractivity contribution >= 4 is 15.9 Å². The molecule has 0 saturated carbocycles. The maximum absolute atomic E-state index is 5.16. The molecule has 1 aliphatic carbocycles. The van der Waals surface area contributed by atoms with Crippen LogP contribution in [0.5, 0.6) is 0 Å². The Balaban J connectivity index is 2.50. The van der Waals surface area contributed by atoms with Crippen LogP contribution in [0.15, 0.2) is 10.6 Å². The fourth-order valence-electron chi connectivity index (χ4n) is 1.05. The number of ether oxygens (including phenoxy) is 2. The Labute approximate surface area is 69.3 Å². The van der Waals surface area contributed by atoms with E-state index in [9.17, 15) is 0 Å². The van der Waals surface area contributed by atoms with E-state index in [-0.39, 0.29) is 12.2 Å². The number of halogens is 1. The van der Waals surface area contributed by atoms with Crippen LogP contribution < -0.4 is 0 Å². The van der Waals surface area contributed by atoms with Gasteiger partial charge in [0.1, 0.15) is 0 Å². The largest absolute Gasteiger partial charge is 0.377 e. The number of hydrogen-bond donors (Lipinski definition) is 0. The zero-order valence-corrected chi connectivity index (χ0v) is 7.72. The molecular weight excluding hydrogens is 196 g/mol. The third-order valence-electron chi connectivity index (χ3n) is 1.69. The highest BCUT2D eigenvalue weighted by Gasteiger charge is 2.23. The Hall–Kier alpha value is 0.140. The lowest BCUT2D eigenvalue weighted by molar-refractivity contribution is 0.0798. The highest BCUT2D eigenvalue weighted by Crippen LogP contribution is 2.27. The summed E-state index contributed by atoms with van der Waals surface area (Å²) in [5, 5.41) is 0. The normalized spacial score (nSPS) is 32.5. The molecule has 0 bridgehead atoms. The molecule has 0 spiro atoms. The maximum Gasteiger partial charge on any atom is 0.0911 e. The first-order valence-electron chi connectivity index (χ1n) is 3.20. The topological polar surface area (TPSA) is 18.5 Å². The lowest BCUT2D eigenvalue weighted by Gasteiger charge is -2.09. The predicted octanol–water partition coefficient (Wildman–Crippen LogP) is 1.70. The van der Waals surface area contributed by atoms with Gasteiger partial charge < -0.3 is 9.47 Å². The number of methoxy groups -OCH3 is 2. The minimum Gasteiger partial charge on any atom is -0.377 e. The summed E-state index contributed by atoms with van der Waals surface area (Å²) in [5.74, 6) is 0. The average Bonchev–Trinajstić information content (AvgIpc) is 2.30. The summed E-state index contributed by atoms with van der Waals surface area (Å²) in [4.78, 5) is 0. The van der Waals surface area contributed by atoms with Gasteiger partial charge in [0.05, 0.1) is 12.2 Å². The van der Waals surface area contributed by atoms with Crippen molar-refractivity contribution in [2.75, 3.05) is 14.2 Å². The van der Waals surface area contributed by atoms with Crippen LogP contribution in [0.25, 0.3) is 0 Å². The molecular formula is C7H11BrO2. The first kappa shape index (κ1) is 8.24. The summed E-state index contributed by atoms with van der Waals surface area (Å²) in [6.45, 7) is 0. The molecule has 0 radical (unpaired) electrons. The Bertz CT molecular complexity index is 145. The summed E-state index contributed by atoms with van der Waals surface area (Å²) in [6, 6.07) is 0. The monoisotopic (exact) mass is 206 g/mol. The summed E-state index contributed by atoms with van der Waals surface area (Å²) in [7, 11) is 3.41. The van der Waals surface area contributed by atoms with E-state index in [0.29, 0.717) is 0 Å². The van der Waals surface area contributed by atoms with Crippen LogP contribution in [0.3, 0.4) is 0 Å². The van der Waals surface area contributed by atoms with E-state index in [1.165, 1.54) is 0 Å². The van der Waals surface area contributed by atoms with Crippen LogP contribution in [0.1, 0.15) is 6.42 Å². The van der Waals surface area contributed by atoms with Crippen LogP contribution in [-0.2, 0) is 9.47 Å². The summed E-state index contributed by atoms with van der Waals surface area (Å²) >= 11 is 3.40. The molecule has 0 aromatic heterocycles. The van der Waals surface area contributed by atoms with Crippen LogP contribution >= 0.6 is 15.9 Å². The molecule has 2 nitrogen and oxygen atoms in total. The fourth-order valence-corrected chi connectivity index (χ4v) is 1.72. The van der Waals surface area contributed by atoms with Crippen LogP contribution in [0.4, 0.5) is 0 Å². The van der Waals surface area contributed by atoms with E-state index in [1.54, 1.807) is 14.2 Å². The molecule has 0 aromatic carbocycles. The lowest BCUT2D eigenvalue weighted by atomic mass is 10.3. The van der Waals surface area contributed by atoms with Crippen LogP contribution in [-0.4, -0.2) is 26.4 Å². The molecule has 0 amide bonds. The minimum absolute atomic E-state index is 0.199. The quantitative estimate of drug-likeness (QED) is 0.686. The average molecular weight is 207 g/mol. The van der Waals surface area contributed by atoms with Gasteiger partial charge in [0.2, 0.25) is 0 Å². The van der Waals surface area contributed by atoms with E-state index in [1.807, 2.05) is 6.08 Å². The second-order valence-electron chi connectivity index (χ2n) is 2.29. The molecule has 10 heavy (non-hydrogen) atoms. The summed E-state index contributed by atoms with van der Waals surface area (Å²) < 4.78 is 11.4. The minimum atomic E-state index is 0.199. The van der Waals surface area contributed by atoms with Gasteiger partial charge in [0.15, 0.2) is 0 Å². The zero-order chi connectivity index (χ0) is 7.56. The zero-order valence-electron chi connectivity index (χ0n) is 6.13. The van der Waals surface area contributed by atoms with Crippen molar-refractivity contribution in [1.29, 1.82) is 0 Å². The molecule has 0 heterocycles. The van der Waals surface area contributed by atoms with Crippen molar-refractivity contribution in [2.24, 2.45) is 0 Å². The molecule has 1 unspecified atom stereocenters. The Morgan fingerprint density at radius 3 is 2.50 bits per heavy atom. The van der Waals surface area contributed by atoms with Gasteiger partial charge in [0.25, 0.3) is 0 Å². The van der Waals surface area contributed by atoms with Crippen molar-refractivity contribution in [3.63, 3.8) is 0 Å². The third-order valence-corrected chi connectivity index (χ3v) is 2.46. The van der Waals surface area contributed by atoms with Crippen molar-refractivity contribution in [3.05, 3.63) is 10.6 Å². The maximum atomic E-state index is 5.16. The molecule has 1 aliphatic rings. The second kappa shape index (κ2) is 3.51. The van der Waals surface area contributed by atoms with Gasteiger partial charge >= 0.3 is 0 Å². The van der Waals surface area contributed by atoms with Gasteiger partial charge in [-0.25, -0.2) is 0 Å². The van der Waals surface area contributed by atoms with E-state index in [4.69, 9.17) is 9.47 Å².